The quantitative estimate of drug-likeness (QED) is 0.901. The zero-order valence-electron chi connectivity index (χ0n) is 9.10. The maximum absolute atomic E-state index is 13.3. The van der Waals surface area contributed by atoms with Crippen LogP contribution in [0.3, 0.4) is 0 Å². The van der Waals surface area contributed by atoms with Gasteiger partial charge in [0.15, 0.2) is 0 Å². The van der Waals surface area contributed by atoms with Gasteiger partial charge >= 0.3 is 5.97 Å². The van der Waals surface area contributed by atoms with Crippen molar-refractivity contribution in [3.63, 3.8) is 0 Å². The topological polar surface area (TPSA) is 57.6 Å². The number of carbonyl (C=O) groups excluding carboxylic acids is 1. The molecule has 1 saturated heterocycles. The zero-order valence-corrected chi connectivity index (χ0v) is 11.5. The molecule has 0 spiro atoms. The molecule has 1 aliphatic heterocycles. The lowest BCUT2D eigenvalue weighted by atomic mass is 10.1. The van der Waals surface area contributed by atoms with Gasteiger partial charge in [0.2, 0.25) is 0 Å². The number of amides is 1. The van der Waals surface area contributed by atoms with Gasteiger partial charge in [0.1, 0.15) is 11.9 Å². The van der Waals surface area contributed by atoms with E-state index in [-0.39, 0.29) is 10.0 Å². The summed E-state index contributed by atoms with van der Waals surface area (Å²) >= 11 is 4.37. The van der Waals surface area contributed by atoms with Crippen molar-refractivity contribution in [1.29, 1.82) is 0 Å². The largest absolute Gasteiger partial charge is 0.480 e. The van der Waals surface area contributed by atoms with Crippen LogP contribution in [0.15, 0.2) is 22.7 Å². The molecule has 1 aromatic carbocycles. The van der Waals surface area contributed by atoms with Crippen LogP contribution in [0.1, 0.15) is 10.4 Å². The summed E-state index contributed by atoms with van der Waals surface area (Å²) in [5.74, 6) is -1.36. The number of thioether (sulfide) groups is 1. The summed E-state index contributed by atoms with van der Waals surface area (Å²) in [6, 6.07) is 3.17. The first kappa shape index (κ1) is 13.4. The molecular weight excluding hydrogens is 325 g/mol. The van der Waals surface area contributed by atoms with Crippen molar-refractivity contribution in [1.82, 2.24) is 4.90 Å². The second-order valence-corrected chi connectivity index (χ2v) is 5.61. The molecule has 0 bridgehead atoms. The third kappa shape index (κ3) is 2.51. The number of hydrogen-bond acceptors (Lipinski definition) is 3. The third-order valence-electron chi connectivity index (χ3n) is 2.59. The molecule has 2 rings (SSSR count). The van der Waals surface area contributed by atoms with Crippen LogP contribution in [0.25, 0.3) is 0 Å². The Bertz CT molecular complexity index is 511. The van der Waals surface area contributed by atoms with Crippen LogP contribution in [-0.4, -0.2) is 39.6 Å². The van der Waals surface area contributed by atoms with Crippen molar-refractivity contribution in [2.24, 2.45) is 0 Å². The van der Waals surface area contributed by atoms with E-state index >= 15 is 0 Å². The number of halogens is 2. The summed E-state index contributed by atoms with van der Waals surface area (Å²) in [6.45, 7) is 0. The molecule has 1 unspecified atom stereocenters. The van der Waals surface area contributed by atoms with Gasteiger partial charge in [0.25, 0.3) is 5.91 Å². The second-order valence-electron chi connectivity index (χ2n) is 3.76. The van der Waals surface area contributed by atoms with Crippen molar-refractivity contribution in [3.8, 4) is 0 Å². The normalized spacial score (nSPS) is 19.0. The number of benzene rings is 1. The maximum atomic E-state index is 13.3. The average Bonchev–Trinajstić information content (AvgIpc) is 2.81. The molecule has 7 heteroatoms. The fourth-order valence-corrected chi connectivity index (χ4v) is 3.03. The van der Waals surface area contributed by atoms with Gasteiger partial charge in [-0.1, -0.05) is 0 Å². The summed E-state index contributed by atoms with van der Waals surface area (Å²) in [4.78, 5) is 24.3. The molecule has 0 aliphatic carbocycles. The van der Waals surface area contributed by atoms with Gasteiger partial charge in [-0.15, -0.1) is 11.8 Å². The first-order valence-electron chi connectivity index (χ1n) is 5.07. The zero-order chi connectivity index (χ0) is 13.3. The Balaban J connectivity index is 2.25. The number of carbonyl (C=O) groups is 2. The van der Waals surface area contributed by atoms with E-state index in [0.29, 0.717) is 11.6 Å². The monoisotopic (exact) mass is 333 g/mol. The van der Waals surface area contributed by atoms with Crippen molar-refractivity contribution >= 4 is 39.6 Å². The van der Waals surface area contributed by atoms with Gasteiger partial charge in [-0.2, -0.15) is 0 Å². The van der Waals surface area contributed by atoms with Crippen LogP contribution in [-0.2, 0) is 4.79 Å². The molecule has 0 radical (unpaired) electrons. The van der Waals surface area contributed by atoms with Crippen molar-refractivity contribution in [2.45, 2.75) is 6.04 Å². The Morgan fingerprint density at radius 2 is 2.22 bits per heavy atom. The summed E-state index contributed by atoms with van der Waals surface area (Å²) in [5.41, 5.74) is 0.157. The van der Waals surface area contributed by atoms with Gasteiger partial charge in [0, 0.05) is 11.3 Å². The van der Waals surface area contributed by atoms with Crippen LogP contribution < -0.4 is 0 Å². The third-order valence-corrected chi connectivity index (χ3v) is 4.25. The number of rotatable bonds is 2. The maximum Gasteiger partial charge on any atom is 0.327 e. The van der Waals surface area contributed by atoms with Crippen LogP contribution in [0.4, 0.5) is 4.39 Å². The summed E-state index contributed by atoms with van der Waals surface area (Å²) < 4.78 is 13.6. The lowest BCUT2D eigenvalue weighted by Gasteiger charge is -2.20. The molecule has 4 nitrogen and oxygen atoms in total. The highest BCUT2D eigenvalue weighted by atomic mass is 79.9. The highest BCUT2D eigenvalue weighted by molar-refractivity contribution is 9.10. The predicted octanol–water partition coefficient (Wildman–Crippen LogP) is 2.19. The molecule has 0 aromatic heterocycles. The van der Waals surface area contributed by atoms with E-state index < -0.39 is 23.7 Å². The summed E-state index contributed by atoms with van der Waals surface area (Å²) in [7, 11) is 0. The predicted molar refractivity (Wildman–Crippen MR) is 69.0 cm³/mol. The second kappa shape index (κ2) is 5.27. The first-order valence-corrected chi connectivity index (χ1v) is 7.02. The Hall–Kier alpha value is -1.08. The van der Waals surface area contributed by atoms with Gasteiger partial charge in [0.05, 0.1) is 10.3 Å². The molecule has 96 valence electrons. The Morgan fingerprint density at radius 3 is 2.83 bits per heavy atom. The molecular formula is C11H9BrFNO3S. The van der Waals surface area contributed by atoms with Crippen molar-refractivity contribution < 1.29 is 19.1 Å². The standard InChI is InChI=1S/C11H9BrFNO3S/c12-7-2-1-6(3-8(7)13)10(15)14-5-18-4-9(14)11(16)17/h1-3,9H,4-5H2,(H,16,17). The van der Waals surface area contributed by atoms with Gasteiger partial charge in [-0.05, 0) is 34.1 Å². The van der Waals surface area contributed by atoms with Crippen LogP contribution in [0.5, 0.6) is 0 Å². The van der Waals surface area contributed by atoms with E-state index in [0.717, 1.165) is 6.07 Å². The van der Waals surface area contributed by atoms with Gasteiger partial charge in [-0.3, -0.25) is 4.79 Å². The van der Waals surface area contributed by atoms with Gasteiger partial charge in [-0.25, -0.2) is 9.18 Å². The van der Waals surface area contributed by atoms with E-state index in [4.69, 9.17) is 5.11 Å². The first-order chi connectivity index (χ1) is 8.50. The molecule has 1 amide bonds. The van der Waals surface area contributed by atoms with E-state index in [1.807, 2.05) is 0 Å². The highest BCUT2D eigenvalue weighted by Gasteiger charge is 2.35. The minimum Gasteiger partial charge on any atom is -0.480 e. The number of carboxylic acids is 1. The van der Waals surface area contributed by atoms with Crippen LogP contribution in [0.2, 0.25) is 0 Å². The van der Waals surface area contributed by atoms with Crippen molar-refractivity contribution in [3.05, 3.63) is 34.1 Å². The smallest absolute Gasteiger partial charge is 0.327 e. The van der Waals surface area contributed by atoms with E-state index in [1.165, 1.54) is 28.8 Å². The number of nitrogens with zero attached hydrogens (tertiary/aromatic N) is 1. The number of aliphatic carboxylic acids is 1. The minimum absolute atomic E-state index is 0.157. The fourth-order valence-electron chi connectivity index (χ4n) is 1.64. The summed E-state index contributed by atoms with van der Waals surface area (Å²) in [5, 5.41) is 8.99. The summed E-state index contributed by atoms with van der Waals surface area (Å²) in [6.07, 6.45) is 0. The SMILES string of the molecule is O=C(O)C1CSCN1C(=O)c1ccc(Br)c(F)c1. The lowest BCUT2D eigenvalue weighted by molar-refractivity contribution is -0.140. The van der Waals surface area contributed by atoms with Crippen LogP contribution >= 0.6 is 27.7 Å². The molecule has 18 heavy (non-hydrogen) atoms. The number of carboxylic acid groups (broad SMARTS) is 1. The van der Waals surface area contributed by atoms with E-state index in [9.17, 15) is 14.0 Å². The molecule has 1 aliphatic rings. The van der Waals surface area contributed by atoms with E-state index in [1.54, 1.807) is 0 Å². The molecule has 0 saturated carbocycles. The Kier molecular flexibility index (Phi) is 3.91. The highest BCUT2D eigenvalue weighted by Crippen LogP contribution is 2.24. The Morgan fingerprint density at radius 1 is 1.50 bits per heavy atom. The molecule has 1 aromatic rings. The number of hydrogen-bond donors (Lipinski definition) is 1. The molecule has 1 N–H and O–H groups in total. The van der Waals surface area contributed by atoms with Crippen molar-refractivity contribution in [2.75, 3.05) is 11.6 Å². The molecule has 1 fully saturated rings. The lowest BCUT2D eigenvalue weighted by Crippen LogP contribution is -2.41. The minimum atomic E-state index is -1.04. The molecule has 1 heterocycles. The van der Waals surface area contributed by atoms with E-state index in [2.05, 4.69) is 15.9 Å². The van der Waals surface area contributed by atoms with Crippen LogP contribution in [0, 0.1) is 5.82 Å². The van der Waals surface area contributed by atoms with Gasteiger partial charge < -0.3 is 10.0 Å². The fraction of sp³-hybridized carbons (Fsp3) is 0.273. The Labute approximate surface area is 115 Å². The average molecular weight is 334 g/mol. The molecule has 1 atom stereocenters.